The Morgan fingerprint density at radius 3 is 2.48 bits per heavy atom. The Kier molecular flexibility index (Phi) is 7.12. The van der Waals surface area contributed by atoms with Crippen molar-refractivity contribution >= 4 is 23.0 Å². The van der Waals surface area contributed by atoms with Crippen LogP contribution in [0.25, 0.3) is 11.3 Å². The second-order valence-electron chi connectivity index (χ2n) is 7.05. The predicted octanol–water partition coefficient (Wildman–Crippen LogP) is 4.23. The Bertz CT molecular complexity index is 1200. The number of rotatable bonds is 10. The van der Waals surface area contributed by atoms with Gasteiger partial charge in [-0.05, 0) is 47.6 Å². The van der Waals surface area contributed by atoms with Gasteiger partial charge in [-0.3, -0.25) is 10.1 Å². The van der Waals surface area contributed by atoms with E-state index in [1.807, 2.05) is 41.8 Å². The first-order valence-electron chi connectivity index (χ1n) is 10.1. The number of aliphatic hydroxyl groups is 1. The zero-order valence-corrected chi connectivity index (χ0v) is 18.2. The van der Waals surface area contributed by atoms with Crippen LogP contribution in [0.5, 0.6) is 11.6 Å². The Morgan fingerprint density at radius 2 is 1.82 bits per heavy atom. The third-order valence-corrected chi connectivity index (χ3v) is 5.31. The Hall–Kier alpha value is -3.96. The molecule has 0 fully saturated rings. The van der Waals surface area contributed by atoms with Crippen molar-refractivity contribution in [2.24, 2.45) is 0 Å². The van der Waals surface area contributed by atoms with Gasteiger partial charge in [0.15, 0.2) is 0 Å². The smallest absolute Gasteiger partial charge is 0.373 e. The lowest BCUT2D eigenvalue weighted by Crippen LogP contribution is -2.07. The third kappa shape index (κ3) is 5.64. The van der Waals surface area contributed by atoms with Crippen LogP contribution in [0.4, 0.5) is 11.5 Å². The predicted molar refractivity (Wildman–Crippen MR) is 123 cm³/mol. The number of hydrogen-bond acceptors (Lipinski definition) is 10. The van der Waals surface area contributed by atoms with E-state index in [9.17, 15) is 10.1 Å². The van der Waals surface area contributed by atoms with E-state index < -0.39 is 4.92 Å². The summed E-state index contributed by atoms with van der Waals surface area (Å²) in [6.45, 7) is 0.445. The van der Waals surface area contributed by atoms with Gasteiger partial charge >= 0.3 is 11.6 Å². The summed E-state index contributed by atoms with van der Waals surface area (Å²) in [7, 11) is 0. The molecule has 168 valence electrons. The van der Waals surface area contributed by atoms with Crippen molar-refractivity contribution in [3.63, 3.8) is 0 Å². The summed E-state index contributed by atoms with van der Waals surface area (Å²) >= 11 is 1.28. The summed E-state index contributed by atoms with van der Waals surface area (Å²) in [6.07, 6.45) is 2.62. The van der Waals surface area contributed by atoms with Crippen LogP contribution in [-0.2, 0) is 13.0 Å². The van der Waals surface area contributed by atoms with Gasteiger partial charge in [0.1, 0.15) is 17.8 Å². The van der Waals surface area contributed by atoms with Gasteiger partial charge in [-0.25, -0.2) is 4.98 Å². The normalized spacial score (nSPS) is 10.7. The first-order chi connectivity index (χ1) is 16.1. The van der Waals surface area contributed by atoms with Crippen molar-refractivity contribution in [2.75, 3.05) is 11.9 Å². The van der Waals surface area contributed by atoms with Crippen molar-refractivity contribution in [1.29, 1.82) is 0 Å². The average Bonchev–Trinajstić information content (AvgIpc) is 3.37. The monoisotopic (exact) mass is 464 g/mol. The molecule has 0 radical (unpaired) electrons. The van der Waals surface area contributed by atoms with Crippen molar-refractivity contribution in [1.82, 2.24) is 19.6 Å². The van der Waals surface area contributed by atoms with E-state index in [4.69, 9.17) is 9.84 Å². The lowest BCUT2D eigenvalue weighted by molar-refractivity contribution is -0.385. The lowest BCUT2D eigenvalue weighted by atomic mass is 10.1. The fourth-order valence-electron chi connectivity index (χ4n) is 3.12. The maximum absolute atomic E-state index is 11.8. The van der Waals surface area contributed by atoms with E-state index in [1.165, 1.54) is 17.9 Å². The number of nitro groups is 1. The zero-order valence-electron chi connectivity index (χ0n) is 17.4. The molecule has 0 saturated carbocycles. The van der Waals surface area contributed by atoms with Crippen LogP contribution in [0, 0.1) is 10.1 Å². The van der Waals surface area contributed by atoms with Crippen LogP contribution in [0.2, 0.25) is 0 Å². The molecule has 33 heavy (non-hydrogen) atoms. The molecule has 10 nitrogen and oxygen atoms in total. The number of hydrogen-bond donors (Lipinski definition) is 2. The highest BCUT2D eigenvalue weighted by Crippen LogP contribution is 2.34. The highest BCUT2D eigenvalue weighted by atomic mass is 32.1. The summed E-state index contributed by atoms with van der Waals surface area (Å²) in [5.41, 5.74) is 3.35. The Balaban J connectivity index is 1.47. The summed E-state index contributed by atoms with van der Waals surface area (Å²) in [6, 6.07) is 14.8. The van der Waals surface area contributed by atoms with E-state index in [0.29, 0.717) is 18.7 Å². The minimum absolute atomic E-state index is 0.0670. The molecular formula is C22H20N6O4S. The van der Waals surface area contributed by atoms with Crippen LogP contribution in [-0.4, -0.2) is 36.2 Å². The van der Waals surface area contributed by atoms with Crippen molar-refractivity contribution in [2.45, 2.75) is 19.4 Å². The van der Waals surface area contributed by atoms with Gasteiger partial charge in [0.2, 0.25) is 5.82 Å². The quantitative estimate of drug-likeness (QED) is 0.261. The SMILES string of the molecule is O=[N+]([O-])c1c(NCc2ccc(-c3csnn3)cc2)ncnc1Oc1ccc(CCCO)cc1. The van der Waals surface area contributed by atoms with Gasteiger partial charge in [-0.15, -0.1) is 5.10 Å². The van der Waals surface area contributed by atoms with E-state index in [0.717, 1.165) is 28.8 Å². The molecule has 0 aliphatic rings. The number of ether oxygens (including phenoxy) is 1. The van der Waals surface area contributed by atoms with E-state index in [-0.39, 0.29) is 24.0 Å². The molecule has 0 saturated heterocycles. The largest absolute Gasteiger partial charge is 0.434 e. The third-order valence-electron chi connectivity index (χ3n) is 4.80. The molecule has 0 spiro atoms. The molecule has 0 bridgehead atoms. The van der Waals surface area contributed by atoms with Crippen LogP contribution in [0.1, 0.15) is 17.5 Å². The van der Waals surface area contributed by atoms with E-state index in [1.54, 1.807) is 12.1 Å². The molecule has 4 rings (SSSR count). The molecule has 2 heterocycles. The Labute approximate surface area is 193 Å². The van der Waals surface area contributed by atoms with Gasteiger partial charge in [-0.1, -0.05) is 40.9 Å². The second-order valence-corrected chi connectivity index (χ2v) is 7.66. The van der Waals surface area contributed by atoms with E-state index >= 15 is 0 Å². The summed E-state index contributed by atoms with van der Waals surface area (Å²) in [4.78, 5) is 19.2. The lowest BCUT2D eigenvalue weighted by Gasteiger charge is -2.10. The number of aliphatic hydroxyl groups excluding tert-OH is 1. The Morgan fingerprint density at radius 1 is 1.06 bits per heavy atom. The number of nitrogens with zero attached hydrogens (tertiary/aromatic N) is 5. The number of nitrogens with one attached hydrogen (secondary N) is 1. The van der Waals surface area contributed by atoms with Crippen LogP contribution >= 0.6 is 11.5 Å². The fraction of sp³-hybridized carbons (Fsp3) is 0.182. The summed E-state index contributed by atoms with van der Waals surface area (Å²) in [5, 5.41) is 29.6. The van der Waals surface area contributed by atoms with E-state index in [2.05, 4.69) is 24.9 Å². The molecule has 0 amide bonds. The first kappa shape index (κ1) is 22.2. The van der Waals surface area contributed by atoms with Gasteiger partial charge in [0.25, 0.3) is 0 Å². The fourth-order valence-corrected chi connectivity index (χ4v) is 3.59. The number of anilines is 1. The van der Waals surface area contributed by atoms with Gasteiger partial charge in [0, 0.05) is 24.1 Å². The minimum Gasteiger partial charge on any atom is -0.434 e. The molecule has 11 heteroatoms. The number of aromatic nitrogens is 4. The van der Waals surface area contributed by atoms with Crippen molar-refractivity contribution < 1.29 is 14.8 Å². The molecule has 0 aliphatic carbocycles. The van der Waals surface area contributed by atoms with Crippen LogP contribution in [0.15, 0.2) is 60.2 Å². The minimum atomic E-state index is -0.564. The second kappa shape index (κ2) is 10.6. The highest BCUT2D eigenvalue weighted by molar-refractivity contribution is 7.03. The summed E-state index contributed by atoms with van der Waals surface area (Å²) < 4.78 is 9.54. The zero-order chi connectivity index (χ0) is 23.0. The highest BCUT2D eigenvalue weighted by Gasteiger charge is 2.25. The van der Waals surface area contributed by atoms with Crippen molar-refractivity contribution in [3.05, 3.63) is 81.5 Å². The van der Waals surface area contributed by atoms with Crippen LogP contribution in [0.3, 0.4) is 0 Å². The molecule has 2 aromatic carbocycles. The maximum Gasteiger partial charge on any atom is 0.373 e. The first-order valence-corrected chi connectivity index (χ1v) is 10.9. The molecule has 0 unspecified atom stereocenters. The number of benzene rings is 2. The molecule has 2 aromatic heterocycles. The standard InChI is InChI=1S/C22H20N6O4S/c29-11-1-2-15-5-9-18(10-6-15)32-22-20(28(30)31)21(24-14-25-22)23-12-16-3-7-17(8-4-16)19-13-33-27-26-19/h3-10,13-14,29H,1-2,11-12H2,(H,23,24,25). The molecule has 0 aliphatic heterocycles. The topological polar surface area (TPSA) is 136 Å². The molecule has 4 aromatic rings. The summed E-state index contributed by atoms with van der Waals surface area (Å²) in [5.74, 6) is 0.340. The van der Waals surface area contributed by atoms with Crippen molar-refractivity contribution in [3.8, 4) is 22.9 Å². The van der Waals surface area contributed by atoms with Crippen LogP contribution < -0.4 is 10.1 Å². The average molecular weight is 465 g/mol. The maximum atomic E-state index is 11.8. The van der Waals surface area contributed by atoms with Gasteiger partial charge < -0.3 is 15.2 Å². The number of aryl methyl sites for hydroxylation is 1. The molecule has 0 atom stereocenters. The van der Waals surface area contributed by atoms with Gasteiger partial charge in [-0.2, -0.15) is 4.98 Å². The molecule has 2 N–H and O–H groups in total. The molecular weight excluding hydrogens is 444 g/mol. The van der Waals surface area contributed by atoms with Gasteiger partial charge in [0.05, 0.1) is 4.92 Å².